The summed E-state index contributed by atoms with van der Waals surface area (Å²) in [5, 5.41) is 12.8. The van der Waals surface area contributed by atoms with E-state index in [0.717, 1.165) is 33.9 Å². The van der Waals surface area contributed by atoms with Crippen molar-refractivity contribution in [3.8, 4) is 5.75 Å². The highest BCUT2D eigenvalue weighted by Crippen LogP contribution is 2.50. The number of nitro groups is 1. The number of esters is 1. The number of thioether (sulfide) groups is 2. The molecular weight excluding hydrogens is 374 g/mol. The smallest absolute Gasteiger partial charge is 0.420 e. The first-order valence-electron chi connectivity index (χ1n) is 7.85. The van der Waals surface area contributed by atoms with Gasteiger partial charge in [0.05, 0.1) is 10.6 Å². The van der Waals surface area contributed by atoms with E-state index in [0.29, 0.717) is 5.75 Å². The van der Waals surface area contributed by atoms with E-state index in [2.05, 4.69) is 0 Å². The van der Waals surface area contributed by atoms with Crippen LogP contribution in [0.5, 0.6) is 5.75 Å². The Morgan fingerprint density at radius 3 is 2.62 bits per heavy atom. The molecule has 2 heterocycles. The fraction of sp³-hybridized carbons (Fsp3) is 0.167. The summed E-state index contributed by atoms with van der Waals surface area (Å²) < 4.78 is 10.7. The van der Waals surface area contributed by atoms with Crippen LogP contribution in [0.25, 0.3) is 10.8 Å². The van der Waals surface area contributed by atoms with Crippen LogP contribution in [0.2, 0.25) is 0 Å². The molecule has 0 amide bonds. The van der Waals surface area contributed by atoms with Crippen LogP contribution in [-0.2, 0) is 0 Å². The van der Waals surface area contributed by atoms with Gasteiger partial charge in [0.15, 0.2) is 0 Å². The lowest BCUT2D eigenvalue weighted by Gasteiger charge is -2.16. The molecule has 0 spiro atoms. The molecule has 1 aromatic heterocycles. The Morgan fingerprint density at radius 1 is 1.12 bits per heavy atom. The Bertz CT molecular complexity index is 994. The van der Waals surface area contributed by atoms with Crippen LogP contribution in [-0.4, -0.2) is 22.4 Å². The fourth-order valence-corrected chi connectivity index (χ4v) is 5.80. The topological polar surface area (TPSA) is 82.6 Å². The Morgan fingerprint density at radius 2 is 1.88 bits per heavy atom. The molecule has 0 aliphatic carbocycles. The van der Waals surface area contributed by atoms with E-state index in [1.807, 2.05) is 53.9 Å². The molecule has 0 saturated carbocycles. The number of benzene rings is 2. The second-order valence-corrected chi connectivity index (χ2v) is 8.28. The van der Waals surface area contributed by atoms with Gasteiger partial charge in [0, 0.05) is 17.1 Å². The second kappa shape index (κ2) is 7.05. The molecule has 26 heavy (non-hydrogen) atoms. The van der Waals surface area contributed by atoms with Crippen LogP contribution in [0.15, 0.2) is 52.9 Å². The van der Waals surface area contributed by atoms with Gasteiger partial charge in [-0.05, 0) is 22.9 Å². The summed E-state index contributed by atoms with van der Waals surface area (Å²) in [5.74, 6) is 1.11. The quantitative estimate of drug-likeness (QED) is 0.268. The van der Waals surface area contributed by atoms with Gasteiger partial charge >= 0.3 is 11.9 Å². The van der Waals surface area contributed by atoms with E-state index in [-0.39, 0.29) is 10.3 Å². The summed E-state index contributed by atoms with van der Waals surface area (Å²) in [6.45, 7) is 0. The van der Waals surface area contributed by atoms with Crippen molar-refractivity contribution in [1.82, 2.24) is 0 Å². The summed E-state index contributed by atoms with van der Waals surface area (Å²) in [7, 11) is 0. The number of hydrogen-bond acceptors (Lipinski definition) is 7. The lowest BCUT2D eigenvalue weighted by molar-refractivity contribution is -0.402. The van der Waals surface area contributed by atoms with Crippen LogP contribution in [0.3, 0.4) is 0 Å². The number of fused-ring (bicyclic) bond motifs is 1. The Hall–Kier alpha value is -2.45. The molecule has 8 heteroatoms. The molecule has 4 rings (SSSR count). The van der Waals surface area contributed by atoms with Crippen LogP contribution in [0.4, 0.5) is 5.88 Å². The van der Waals surface area contributed by atoms with Gasteiger partial charge in [-0.2, -0.15) is 0 Å². The van der Waals surface area contributed by atoms with Gasteiger partial charge in [-0.3, -0.25) is 10.1 Å². The van der Waals surface area contributed by atoms with Crippen molar-refractivity contribution in [2.75, 3.05) is 11.5 Å². The van der Waals surface area contributed by atoms with Crippen molar-refractivity contribution in [1.29, 1.82) is 0 Å². The highest BCUT2D eigenvalue weighted by molar-refractivity contribution is 8.19. The van der Waals surface area contributed by atoms with Crippen molar-refractivity contribution >= 4 is 46.1 Å². The van der Waals surface area contributed by atoms with Gasteiger partial charge in [-0.1, -0.05) is 30.3 Å². The molecule has 0 atom stereocenters. The first-order chi connectivity index (χ1) is 12.6. The van der Waals surface area contributed by atoms with Gasteiger partial charge in [0.25, 0.3) is 0 Å². The predicted octanol–water partition coefficient (Wildman–Crippen LogP) is 5.04. The SMILES string of the molecule is O=C(Oc1ccc2ccccc2c1C1SCCS1)c1ccc([N+](=O)[O-])o1. The zero-order chi connectivity index (χ0) is 18.1. The molecule has 0 radical (unpaired) electrons. The summed E-state index contributed by atoms with van der Waals surface area (Å²) in [5.41, 5.74) is 0.963. The molecule has 0 bridgehead atoms. The average molecular weight is 387 g/mol. The van der Waals surface area contributed by atoms with E-state index in [1.54, 1.807) is 6.07 Å². The Labute approximate surface area is 157 Å². The van der Waals surface area contributed by atoms with E-state index in [9.17, 15) is 14.9 Å². The number of nitrogens with zero attached hydrogens (tertiary/aromatic N) is 1. The van der Waals surface area contributed by atoms with Crippen molar-refractivity contribution in [3.63, 3.8) is 0 Å². The monoisotopic (exact) mass is 387 g/mol. The van der Waals surface area contributed by atoms with Crippen molar-refractivity contribution < 1.29 is 18.9 Å². The number of hydrogen-bond donors (Lipinski definition) is 0. The molecule has 1 aliphatic rings. The molecule has 0 unspecified atom stereocenters. The third-order valence-electron chi connectivity index (χ3n) is 3.96. The molecule has 132 valence electrons. The summed E-state index contributed by atoms with van der Waals surface area (Å²) in [6, 6.07) is 14.0. The summed E-state index contributed by atoms with van der Waals surface area (Å²) in [4.78, 5) is 22.4. The zero-order valence-electron chi connectivity index (χ0n) is 13.4. The van der Waals surface area contributed by atoms with Crippen molar-refractivity contribution in [3.05, 3.63) is 70.0 Å². The van der Waals surface area contributed by atoms with Gasteiger partial charge in [-0.15, -0.1) is 23.5 Å². The van der Waals surface area contributed by atoms with Gasteiger partial charge in [0.1, 0.15) is 10.7 Å². The molecule has 1 fully saturated rings. The minimum atomic E-state index is -0.748. The molecule has 6 nitrogen and oxygen atoms in total. The van der Waals surface area contributed by atoms with E-state index in [4.69, 9.17) is 9.15 Å². The maximum absolute atomic E-state index is 12.4. The molecule has 1 aliphatic heterocycles. The molecule has 3 aromatic rings. The van der Waals surface area contributed by atoms with Gasteiger partial charge in [0.2, 0.25) is 5.76 Å². The first kappa shape index (κ1) is 17.0. The van der Waals surface area contributed by atoms with E-state index >= 15 is 0 Å². The maximum Gasteiger partial charge on any atom is 0.433 e. The van der Waals surface area contributed by atoms with Gasteiger partial charge < -0.3 is 9.15 Å². The number of ether oxygens (including phenoxy) is 1. The maximum atomic E-state index is 12.4. The van der Waals surface area contributed by atoms with Crippen molar-refractivity contribution in [2.24, 2.45) is 0 Å². The largest absolute Gasteiger partial charge is 0.433 e. The Balaban J connectivity index is 1.72. The van der Waals surface area contributed by atoms with E-state index in [1.165, 1.54) is 6.07 Å². The highest BCUT2D eigenvalue weighted by Gasteiger charge is 2.26. The van der Waals surface area contributed by atoms with Crippen LogP contribution in [0, 0.1) is 10.1 Å². The van der Waals surface area contributed by atoms with Crippen LogP contribution >= 0.6 is 23.5 Å². The second-order valence-electron chi connectivity index (χ2n) is 5.56. The third kappa shape index (κ3) is 3.17. The summed E-state index contributed by atoms with van der Waals surface area (Å²) >= 11 is 3.63. The van der Waals surface area contributed by atoms with Gasteiger partial charge in [-0.25, -0.2) is 4.79 Å². The third-order valence-corrected chi connectivity index (χ3v) is 7.00. The minimum absolute atomic E-state index is 0.176. The minimum Gasteiger partial charge on any atom is -0.420 e. The zero-order valence-corrected chi connectivity index (χ0v) is 15.0. The van der Waals surface area contributed by atoms with Crippen LogP contribution in [0.1, 0.15) is 20.7 Å². The van der Waals surface area contributed by atoms with Crippen LogP contribution < -0.4 is 4.74 Å². The predicted molar refractivity (Wildman–Crippen MR) is 102 cm³/mol. The number of carbonyl (C=O) groups excluding carboxylic acids is 1. The molecule has 1 saturated heterocycles. The fourth-order valence-electron chi connectivity index (χ4n) is 2.82. The molecular formula is C18H13NO5S2. The Kier molecular flexibility index (Phi) is 4.60. The summed E-state index contributed by atoms with van der Waals surface area (Å²) in [6.07, 6.45) is 0. The lowest BCUT2D eigenvalue weighted by Crippen LogP contribution is -2.09. The molecule has 2 aromatic carbocycles. The van der Waals surface area contributed by atoms with Crippen molar-refractivity contribution in [2.45, 2.75) is 4.58 Å². The molecule has 0 N–H and O–H groups in total. The number of carbonyl (C=O) groups is 1. The average Bonchev–Trinajstić information content (AvgIpc) is 3.33. The number of rotatable bonds is 4. The lowest BCUT2D eigenvalue weighted by atomic mass is 10.0. The highest BCUT2D eigenvalue weighted by atomic mass is 32.2. The normalized spacial score (nSPS) is 14.6. The van der Waals surface area contributed by atoms with E-state index < -0.39 is 16.8 Å². The first-order valence-corrected chi connectivity index (χ1v) is 9.94. The number of furan rings is 1. The standard InChI is InChI=1S/C18H13NO5S2/c20-17(14-7-8-15(23-14)19(21)22)24-13-6-5-11-3-1-2-4-12(11)16(13)18-25-9-10-26-18/h1-8,18H,9-10H2.